The normalized spacial score (nSPS) is 19.9. The van der Waals surface area contributed by atoms with Gasteiger partial charge in [0.2, 0.25) is 0 Å². The Kier molecular flexibility index (Phi) is 5.03. The molecule has 0 radical (unpaired) electrons. The number of aliphatic hydroxyl groups excluding tert-OH is 1. The lowest BCUT2D eigenvalue weighted by Crippen LogP contribution is -2.42. The van der Waals surface area contributed by atoms with Gasteiger partial charge < -0.3 is 5.11 Å². The Hall–Kier alpha value is -3.10. The van der Waals surface area contributed by atoms with Gasteiger partial charge in [0, 0.05) is 47.5 Å². The van der Waals surface area contributed by atoms with Crippen LogP contribution in [0.1, 0.15) is 35.2 Å². The van der Waals surface area contributed by atoms with Crippen molar-refractivity contribution in [2.45, 2.75) is 38.8 Å². The summed E-state index contributed by atoms with van der Waals surface area (Å²) in [6.45, 7) is 6.14. The topological polar surface area (TPSA) is 95.8 Å². The van der Waals surface area contributed by atoms with Crippen LogP contribution in [0.4, 0.5) is 0 Å². The molecule has 5 rings (SSSR count). The number of nitrogens with one attached hydrogen (secondary N) is 1. The van der Waals surface area contributed by atoms with E-state index in [2.05, 4.69) is 31.2 Å². The average Bonchev–Trinajstić information content (AvgIpc) is 3.35. The summed E-state index contributed by atoms with van der Waals surface area (Å²) in [7, 11) is 1.92. The minimum absolute atomic E-state index is 0.0359. The second-order valence-electron chi connectivity index (χ2n) is 8.42. The summed E-state index contributed by atoms with van der Waals surface area (Å²) in [5.74, 6) is 0.839. The fourth-order valence-electron chi connectivity index (χ4n) is 4.48. The molecule has 1 saturated heterocycles. The minimum atomic E-state index is -0.474. The lowest BCUT2D eigenvalue weighted by atomic mass is 9.90. The van der Waals surface area contributed by atoms with Crippen molar-refractivity contribution < 1.29 is 5.11 Å². The number of H-pyrrole nitrogens is 1. The molecule has 2 N–H and O–H groups in total. The molecule has 31 heavy (non-hydrogen) atoms. The fraction of sp³-hybridized carbons (Fsp3) is 0.391. The number of β-amino-alcohol motifs (C(OH)–C–C–N with tert-alkyl or cyclic N) is 1. The van der Waals surface area contributed by atoms with Gasteiger partial charge in [0.1, 0.15) is 5.82 Å². The number of aliphatic hydroxyl groups is 1. The first-order chi connectivity index (χ1) is 15.0. The van der Waals surface area contributed by atoms with Crippen LogP contribution in [0.25, 0.3) is 22.2 Å². The number of benzene rings is 1. The standard InChI is InChI=1S/C23H27N7O/c1-14-16-6-4-5-7-19(16)26-23(25-14)13-30-9-8-17(22(31)12-30)20-10-21(28-27-20)18-11-24-29(3)15(18)2/h4-7,10-11,17,22,31H,8-9,12-13H2,1-3H3,(H,27,28)/t17-,22+/m1/s1. The number of nitrogens with zero attached hydrogens (tertiary/aromatic N) is 6. The second kappa shape index (κ2) is 7.86. The molecule has 4 aromatic rings. The van der Waals surface area contributed by atoms with Crippen LogP contribution in [0.5, 0.6) is 0 Å². The van der Waals surface area contributed by atoms with E-state index >= 15 is 0 Å². The molecule has 1 aliphatic heterocycles. The number of piperidine rings is 1. The largest absolute Gasteiger partial charge is 0.391 e. The van der Waals surface area contributed by atoms with E-state index in [1.165, 1.54) is 0 Å². The van der Waals surface area contributed by atoms with E-state index in [0.29, 0.717) is 13.1 Å². The zero-order valence-electron chi connectivity index (χ0n) is 18.1. The molecule has 0 amide bonds. The van der Waals surface area contributed by atoms with E-state index in [-0.39, 0.29) is 5.92 Å². The number of aromatic nitrogens is 6. The summed E-state index contributed by atoms with van der Waals surface area (Å²) in [5, 5.41) is 23.9. The zero-order chi connectivity index (χ0) is 21.5. The summed E-state index contributed by atoms with van der Waals surface area (Å²) >= 11 is 0. The maximum Gasteiger partial charge on any atom is 0.143 e. The number of rotatable bonds is 4. The minimum Gasteiger partial charge on any atom is -0.391 e. The molecule has 8 nitrogen and oxygen atoms in total. The molecule has 2 atom stereocenters. The van der Waals surface area contributed by atoms with E-state index in [9.17, 15) is 5.11 Å². The van der Waals surface area contributed by atoms with E-state index in [1.807, 2.05) is 56.0 Å². The zero-order valence-corrected chi connectivity index (χ0v) is 18.1. The van der Waals surface area contributed by atoms with Gasteiger partial charge >= 0.3 is 0 Å². The number of aromatic amines is 1. The third-order valence-electron chi connectivity index (χ3n) is 6.38. The molecule has 0 saturated carbocycles. The van der Waals surface area contributed by atoms with E-state index in [4.69, 9.17) is 4.98 Å². The Morgan fingerprint density at radius 1 is 1.19 bits per heavy atom. The first kappa shape index (κ1) is 19.8. The molecule has 8 heteroatoms. The Labute approximate surface area is 181 Å². The number of aryl methyl sites for hydroxylation is 2. The van der Waals surface area contributed by atoms with Crippen molar-refractivity contribution in [1.82, 2.24) is 34.8 Å². The predicted octanol–water partition coefficient (Wildman–Crippen LogP) is 2.72. The highest BCUT2D eigenvalue weighted by molar-refractivity contribution is 5.80. The van der Waals surface area contributed by atoms with Crippen molar-refractivity contribution in [2.75, 3.05) is 13.1 Å². The van der Waals surface area contributed by atoms with Gasteiger partial charge in [-0.2, -0.15) is 10.2 Å². The first-order valence-corrected chi connectivity index (χ1v) is 10.7. The van der Waals surface area contributed by atoms with Crippen LogP contribution in [0.3, 0.4) is 0 Å². The van der Waals surface area contributed by atoms with E-state index in [0.717, 1.165) is 58.0 Å². The van der Waals surface area contributed by atoms with Crippen LogP contribution in [0.2, 0.25) is 0 Å². The molecule has 1 aliphatic rings. The SMILES string of the molecule is Cc1nc(CN2CC[C@H](c3cc(-c4cnn(C)c4C)n[nH]3)[C@@H](O)C2)nc2ccccc12. The maximum absolute atomic E-state index is 10.9. The summed E-state index contributed by atoms with van der Waals surface area (Å²) in [5.41, 5.74) is 5.89. The van der Waals surface area contributed by atoms with Gasteiger partial charge in [-0.15, -0.1) is 0 Å². The highest BCUT2D eigenvalue weighted by Crippen LogP contribution is 2.31. The maximum atomic E-state index is 10.9. The lowest BCUT2D eigenvalue weighted by Gasteiger charge is -2.35. The van der Waals surface area contributed by atoms with Crippen molar-refractivity contribution >= 4 is 10.9 Å². The highest BCUT2D eigenvalue weighted by Gasteiger charge is 2.31. The number of likely N-dealkylation sites (tertiary alicyclic amines) is 1. The molecule has 1 aromatic carbocycles. The van der Waals surface area contributed by atoms with Gasteiger partial charge in [-0.25, -0.2) is 9.97 Å². The van der Waals surface area contributed by atoms with Gasteiger partial charge in [0.05, 0.1) is 30.1 Å². The summed E-state index contributed by atoms with van der Waals surface area (Å²) < 4.78 is 1.84. The molecule has 0 spiro atoms. The molecule has 0 unspecified atom stereocenters. The van der Waals surface area contributed by atoms with Gasteiger partial charge in [0.15, 0.2) is 0 Å². The Morgan fingerprint density at radius 2 is 2.03 bits per heavy atom. The lowest BCUT2D eigenvalue weighted by molar-refractivity contribution is 0.0453. The Bertz CT molecular complexity index is 1230. The first-order valence-electron chi connectivity index (χ1n) is 10.7. The highest BCUT2D eigenvalue weighted by atomic mass is 16.3. The van der Waals surface area contributed by atoms with Crippen molar-refractivity contribution in [3.8, 4) is 11.3 Å². The van der Waals surface area contributed by atoms with Crippen molar-refractivity contribution in [2.24, 2.45) is 7.05 Å². The molecule has 0 aliphatic carbocycles. The van der Waals surface area contributed by atoms with Gasteiger partial charge in [-0.1, -0.05) is 18.2 Å². The monoisotopic (exact) mass is 417 g/mol. The predicted molar refractivity (Wildman–Crippen MR) is 118 cm³/mol. The third-order valence-corrected chi connectivity index (χ3v) is 6.38. The molecule has 160 valence electrons. The molecule has 1 fully saturated rings. The second-order valence-corrected chi connectivity index (χ2v) is 8.42. The van der Waals surface area contributed by atoms with Gasteiger partial charge in [-0.3, -0.25) is 14.7 Å². The summed E-state index contributed by atoms with van der Waals surface area (Å²) in [6.07, 6.45) is 2.21. The van der Waals surface area contributed by atoms with E-state index in [1.54, 1.807) is 0 Å². The quantitative estimate of drug-likeness (QED) is 0.530. The van der Waals surface area contributed by atoms with Crippen LogP contribution in [-0.4, -0.2) is 59.1 Å². The van der Waals surface area contributed by atoms with Crippen LogP contribution in [-0.2, 0) is 13.6 Å². The smallest absolute Gasteiger partial charge is 0.143 e. The number of para-hydroxylation sites is 1. The number of hydrogen-bond donors (Lipinski definition) is 2. The van der Waals surface area contributed by atoms with Crippen molar-refractivity contribution in [3.05, 3.63) is 59.4 Å². The van der Waals surface area contributed by atoms with Crippen LogP contribution in [0, 0.1) is 13.8 Å². The van der Waals surface area contributed by atoms with Crippen molar-refractivity contribution in [1.29, 1.82) is 0 Å². The van der Waals surface area contributed by atoms with Gasteiger partial charge in [-0.05, 0) is 38.9 Å². The third kappa shape index (κ3) is 3.73. The Morgan fingerprint density at radius 3 is 2.81 bits per heavy atom. The fourth-order valence-corrected chi connectivity index (χ4v) is 4.48. The average molecular weight is 418 g/mol. The molecule has 4 heterocycles. The molecular weight excluding hydrogens is 390 g/mol. The van der Waals surface area contributed by atoms with E-state index < -0.39 is 6.10 Å². The van der Waals surface area contributed by atoms with Crippen molar-refractivity contribution in [3.63, 3.8) is 0 Å². The number of hydrogen-bond acceptors (Lipinski definition) is 6. The van der Waals surface area contributed by atoms with Crippen LogP contribution < -0.4 is 0 Å². The molecule has 0 bridgehead atoms. The summed E-state index contributed by atoms with van der Waals surface area (Å²) in [4.78, 5) is 11.6. The van der Waals surface area contributed by atoms with Crippen LogP contribution in [0.15, 0.2) is 36.5 Å². The van der Waals surface area contributed by atoms with Gasteiger partial charge in [0.25, 0.3) is 0 Å². The van der Waals surface area contributed by atoms with Crippen LogP contribution >= 0.6 is 0 Å². The Balaban J connectivity index is 1.28. The molecule has 3 aromatic heterocycles. The molecular formula is C23H27N7O. The number of fused-ring (bicyclic) bond motifs is 1. The summed E-state index contributed by atoms with van der Waals surface area (Å²) in [6, 6.07) is 10.1.